The largest absolute Gasteiger partial charge is 0.326 e. The van der Waals surface area contributed by atoms with E-state index in [1.54, 1.807) is 0 Å². The summed E-state index contributed by atoms with van der Waals surface area (Å²) < 4.78 is 0. The van der Waals surface area contributed by atoms with Crippen molar-refractivity contribution in [2.24, 2.45) is 16.9 Å². The Labute approximate surface area is 112 Å². The van der Waals surface area contributed by atoms with Crippen LogP contribution in [0.3, 0.4) is 0 Å². The third kappa shape index (κ3) is 4.43. The summed E-state index contributed by atoms with van der Waals surface area (Å²) in [7, 11) is 0. The molecule has 1 atom stereocenters. The van der Waals surface area contributed by atoms with Crippen LogP contribution in [0.4, 0.5) is 0 Å². The van der Waals surface area contributed by atoms with Crippen molar-refractivity contribution >= 4 is 0 Å². The average Bonchev–Trinajstić information content (AvgIpc) is 2.24. The minimum absolute atomic E-state index is 0.211. The molecule has 1 aromatic carbocycles. The summed E-state index contributed by atoms with van der Waals surface area (Å²) in [6, 6.07) is 8.56. The molecule has 0 heterocycles. The number of rotatable bonds is 4. The van der Waals surface area contributed by atoms with E-state index < -0.39 is 0 Å². The topological polar surface area (TPSA) is 52.0 Å². The molecule has 1 rings (SSSR count). The Bertz CT molecular complexity index is 366. The lowest BCUT2D eigenvalue weighted by atomic mass is 9.73. The maximum atomic E-state index is 6.36. The molecular weight excluding hydrogens is 220 g/mol. The lowest BCUT2D eigenvalue weighted by Crippen LogP contribution is -2.41. The van der Waals surface area contributed by atoms with Crippen molar-refractivity contribution in [2.45, 2.75) is 59.0 Å². The average molecular weight is 248 g/mol. The van der Waals surface area contributed by atoms with Crippen LogP contribution in [0.1, 0.15) is 58.1 Å². The van der Waals surface area contributed by atoms with Gasteiger partial charge in [0.05, 0.1) is 0 Å². The normalized spacial score (nSPS) is 14.6. The van der Waals surface area contributed by atoms with Gasteiger partial charge < -0.3 is 11.5 Å². The molecule has 0 aliphatic rings. The molecule has 4 N–H and O–H groups in total. The van der Waals surface area contributed by atoms with Crippen LogP contribution < -0.4 is 11.5 Å². The lowest BCUT2D eigenvalue weighted by Gasteiger charge is -2.36. The van der Waals surface area contributed by atoms with Gasteiger partial charge in [0.15, 0.2) is 0 Å². The van der Waals surface area contributed by atoms with Crippen LogP contribution in [-0.4, -0.2) is 5.54 Å². The van der Waals surface area contributed by atoms with Crippen molar-refractivity contribution in [3.8, 4) is 0 Å². The molecule has 2 nitrogen and oxygen atoms in total. The SMILES string of the molecule is CC(C)(C)CC(c1ccc(CN)cc1)C(C)(C)N. The van der Waals surface area contributed by atoms with E-state index in [2.05, 4.69) is 58.9 Å². The Morgan fingerprint density at radius 3 is 1.83 bits per heavy atom. The molecule has 18 heavy (non-hydrogen) atoms. The summed E-state index contributed by atoms with van der Waals surface area (Å²) in [6.07, 6.45) is 1.08. The second-order valence-electron chi connectivity index (χ2n) is 7.08. The van der Waals surface area contributed by atoms with Gasteiger partial charge in [0.25, 0.3) is 0 Å². The smallest absolute Gasteiger partial charge is 0.0178 e. The van der Waals surface area contributed by atoms with Gasteiger partial charge in [0.1, 0.15) is 0 Å². The zero-order chi connectivity index (χ0) is 14.0. The summed E-state index contributed by atoms with van der Waals surface area (Å²) in [5.74, 6) is 0.365. The fraction of sp³-hybridized carbons (Fsp3) is 0.625. The molecule has 0 saturated heterocycles. The van der Waals surface area contributed by atoms with Crippen LogP contribution in [0.15, 0.2) is 24.3 Å². The summed E-state index contributed by atoms with van der Waals surface area (Å²) >= 11 is 0. The predicted octanol–water partition coefficient (Wildman–Crippen LogP) is 3.40. The van der Waals surface area contributed by atoms with Gasteiger partial charge >= 0.3 is 0 Å². The van der Waals surface area contributed by atoms with Crippen LogP contribution in [0, 0.1) is 5.41 Å². The first-order chi connectivity index (χ1) is 8.13. The quantitative estimate of drug-likeness (QED) is 0.858. The molecule has 0 aromatic heterocycles. The zero-order valence-corrected chi connectivity index (χ0v) is 12.5. The van der Waals surface area contributed by atoms with Gasteiger partial charge in [-0.1, -0.05) is 45.0 Å². The molecular formula is C16H28N2. The number of nitrogens with two attached hydrogens (primary N) is 2. The van der Waals surface area contributed by atoms with E-state index in [0.717, 1.165) is 6.42 Å². The molecule has 102 valence electrons. The molecule has 0 fully saturated rings. The summed E-state index contributed by atoms with van der Waals surface area (Å²) in [6.45, 7) is 11.6. The molecule has 0 saturated carbocycles. The first-order valence-electron chi connectivity index (χ1n) is 6.71. The Morgan fingerprint density at radius 1 is 1.00 bits per heavy atom. The predicted molar refractivity (Wildman–Crippen MR) is 79.4 cm³/mol. The van der Waals surface area contributed by atoms with Crippen LogP contribution in [-0.2, 0) is 6.54 Å². The Hall–Kier alpha value is -0.860. The van der Waals surface area contributed by atoms with Crippen molar-refractivity contribution in [3.05, 3.63) is 35.4 Å². The van der Waals surface area contributed by atoms with E-state index in [4.69, 9.17) is 11.5 Å². The second kappa shape index (κ2) is 5.41. The van der Waals surface area contributed by atoms with Gasteiger partial charge in [0.2, 0.25) is 0 Å². The van der Waals surface area contributed by atoms with E-state index in [1.807, 2.05) is 0 Å². The first-order valence-corrected chi connectivity index (χ1v) is 6.71. The summed E-state index contributed by atoms with van der Waals surface area (Å²) in [5.41, 5.74) is 14.5. The molecule has 0 aliphatic heterocycles. The van der Waals surface area contributed by atoms with Crippen molar-refractivity contribution in [2.75, 3.05) is 0 Å². The first kappa shape index (κ1) is 15.2. The molecule has 0 amide bonds. The van der Waals surface area contributed by atoms with Crippen LogP contribution in [0.5, 0.6) is 0 Å². The van der Waals surface area contributed by atoms with Gasteiger partial charge in [-0.15, -0.1) is 0 Å². The lowest BCUT2D eigenvalue weighted by molar-refractivity contribution is 0.275. The van der Waals surface area contributed by atoms with Crippen LogP contribution >= 0.6 is 0 Å². The van der Waals surface area contributed by atoms with Crippen LogP contribution in [0.25, 0.3) is 0 Å². The Balaban J connectivity index is 3.02. The highest BCUT2D eigenvalue weighted by Gasteiger charge is 2.30. The molecule has 0 bridgehead atoms. The summed E-state index contributed by atoms with van der Waals surface area (Å²) in [4.78, 5) is 0. The van der Waals surface area contributed by atoms with Crippen molar-refractivity contribution in [1.29, 1.82) is 0 Å². The van der Waals surface area contributed by atoms with E-state index in [-0.39, 0.29) is 11.0 Å². The summed E-state index contributed by atoms with van der Waals surface area (Å²) in [5, 5.41) is 0. The Morgan fingerprint density at radius 2 is 1.50 bits per heavy atom. The standard InChI is InChI=1S/C16H28N2/c1-15(2,3)10-14(16(4,5)18)13-8-6-12(11-17)7-9-13/h6-9,14H,10-11,17-18H2,1-5H3. The molecule has 0 radical (unpaired) electrons. The maximum absolute atomic E-state index is 6.36. The molecule has 1 aromatic rings. The van der Waals surface area contributed by atoms with Crippen LogP contribution in [0.2, 0.25) is 0 Å². The number of hydrogen-bond acceptors (Lipinski definition) is 2. The monoisotopic (exact) mass is 248 g/mol. The fourth-order valence-corrected chi connectivity index (χ4v) is 2.31. The molecule has 0 aliphatic carbocycles. The van der Waals surface area contributed by atoms with Crippen molar-refractivity contribution in [1.82, 2.24) is 0 Å². The van der Waals surface area contributed by atoms with Gasteiger partial charge in [-0.05, 0) is 36.8 Å². The number of hydrogen-bond donors (Lipinski definition) is 2. The third-order valence-electron chi connectivity index (χ3n) is 3.33. The minimum atomic E-state index is -0.211. The fourth-order valence-electron chi connectivity index (χ4n) is 2.31. The highest BCUT2D eigenvalue weighted by molar-refractivity contribution is 5.27. The van der Waals surface area contributed by atoms with E-state index in [1.165, 1.54) is 11.1 Å². The zero-order valence-electron chi connectivity index (χ0n) is 12.5. The van der Waals surface area contributed by atoms with Gasteiger partial charge in [-0.2, -0.15) is 0 Å². The van der Waals surface area contributed by atoms with Gasteiger partial charge in [-0.3, -0.25) is 0 Å². The van der Waals surface area contributed by atoms with E-state index in [9.17, 15) is 0 Å². The van der Waals surface area contributed by atoms with Crippen molar-refractivity contribution < 1.29 is 0 Å². The third-order valence-corrected chi connectivity index (χ3v) is 3.33. The maximum Gasteiger partial charge on any atom is 0.0178 e. The second-order valence-corrected chi connectivity index (χ2v) is 7.08. The van der Waals surface area contributed by atoms with Gasteiger partial charge in [-0.25, -0.2) is 0 Å². The van der Waals surface area contributed by atoms with Gasteiger partial charge in [0, 0.05) is 18.0 Å². The molecule has 1 unspecified atom stereocenters. The number of benzene rings is 1. The van der Waals surface area contributed by atoms with Crippen molar-refractivity contribution in [3.63, 3.8) is 0 Å². The highest BCUT2D eigenvalue weighted by atomic mass is 14.7. The highest BCUT2D eigenvalue weighted by Crippen LogP contribution is 2.37. The Kier molecular flexibility index (Phi) is 4.57. The van der Waals surface area contributed by atoms with E-state index >= 15 is 0 Å². The molecule has 2 heteroatoms. The van der Waals surface area contributed by atoms with E-state index in [0.29, 0.717) is 12.5 Å². The minimum Gasteiger partial charge on any atom is -0.326 e. The molecule has 0 spiro atoms.